The molecule has 5 heteroatoms. The van der Waals surface area contributed by atoms with Gasteiger partial charge >= 0.3 is 5.97 Å². The van der Waals surface area contributed by atoms with Crippen LogP contribution in [0.3, 0.4) is 0 Å². The SMILES string of the molecule is COC(=O)Cc1ccccc1CNCc1cc(Br)cs1. The summed E-state index contributed by atoms with van der Waals surface area (Å²) in [5.74, 6) is -0.209. The third-order valence-electron chi connectivity index (χ3n) is 2.92. The summed E-state index contributed by atoms with van der Waals surface area (Å²) in [6.45, 7) is 1.56. The number of esters is 1. The van der Waals surface area contributed by atoms with E-state index < -0.39 is 0 Å². The lowest BCUT2D eigenvalue weighted by Crippen LogP contribution is -2.15. The van der Waals surface area contributed by atoms with Gasteiger partial charge < -0.3 is 10.1 Å². The minimum absolute atomic E-state index is 0.209. The predicted octanol–water partition coefficient (Wildman–Crippen LogP) is 3.52. The van der Waals surface area contributed by atoms with E-state index in [0.717, 1.165) is 28.7 Å². The Morgan fingerprint density at radius 1 is 1.30 bits per heavy atom. The first kappa shape index (κ1) is 15.2. The molecule has 3 nitrogen and oxygen atoms in total. The van der Waals surface area contributed by atoms with Gasteiger partial charge in [-0.05, 0) is 33.1 Å². The fourth-order valence-electron chi connectivity index (χ4n) is 1.90. The Morgan fingerprint density at radius 2 is 2.05 bits per heavy atom. The smallest absolute Gasteiger partial charge is 0.309 e. The number of thiophene rings is 1. The van der Waals surface area contributed by atoms with Crippen molar-refractivity contribution in [2.75, 3.05) is 7.11 Å². The summed E-state index contributed by atoms with van der Waals surface area (Å²) in [5, 5.41) is 5.47. The Kier molecular flexibility index (Phi) is 5.76. The van der Waals surface area contributed by atoms with Gasteiger partial charge in [0.25, 0.3) is 0 Å². The first-order valence-corrected chi connectivity index (χ1v) is 7.93. The van der Waals surface area contributed by atoms with Gasteiger partial charge in [0.1, 0.15) is 0 Å². The highest BCUT2D eigenvalue weighted by atomic mass is 79.9. The molecule has 0 saturated carbocycles. The fourth-order valence-corrected chi connectivity index (χ4v) is 3.32. The highest BCUT2D eigenvalue weighted by Gasteiger charge is 2.07. The molecule has 1 aromatic heterocycles. The largest absolute Gasteiger partial charge is 0.469 e. The van der Waals surface area contributed by atoms with Crippen LogP contribution >= 0.6 is 27.3 Å². The summed E-state index contributed by atoms with van der Waals surface area (Å²) in [4.78, 5) is 12.7. The highest BCUT2D eigenvalue weighted by molar-refractivity contribution is 9.10. The third-order valence-corrected chi connectivity index (χ3v) is 4.61. The van der Waals surface area contributed by atoms with E-state index >= 15 is 0 Å². The Morgan fingerprint density at radius 3 is 2.70 bits per heavy atom. The molecule has 0 spiro atoms. The molecule has 0 amide bonds. The predicted molar refractivity (Wildman–Crippen MR) is 84.7 cm³/mol. The van der Waals surface area contributed by atoms with Crippen LogP contribution in [0.5, 0.6) is 0 Å². The number of halogens is 1. The van der Waals surface area contributed by atoms with Gasteiger partial charge in [-0.2, -0.15) is 0 Å². The third kappa shape index (κ3) is 4.44. The molecule has 0 radical (unpaired) electrons. The van der Waals surface area contributed by atoms with E-state index in [0.29, 0.717) is 6.42 Å². The first-order valence-electron chi connectivity index (χ1n) is 6.26. The number of carbonyl (C=O) groups excluding carboxylic acids is 1. The van der Waals surface area contributed by atoms with Gasteiger partial charge in [-0.3, -0.25) is 4.79 Å². The van der Waals surface area contributed by atoms with Gasteiger partial charge in [0.15, 0.2) is 0 Å². The van der Waals surface area contributed by atoms with Crippen LogP contribution in [0, 0.1) is 0 Å². The van der Waals surface area contributed by atoms with E-state index in [1.54, 1.807) is 11.3 Å². The van der Waals surface area contributed by atoms with E-state index in [2.05, 4.69) is 32.7 Å². The lowest BCUT2D eigenvalue weighted by atomic mass is 10.0. The minimum atomic E-state index is -0.209. The van der Waals surface area contributed by atoms with Gasteiger partial charge in [0.2, 0.25) is 0 Å². The van der Waals surface area contributed by atoms with E-state index in [1.807, 2.05) is 24.3 Å². The number of nitrogens with one attached hydrogen (secondary N) is 1. The maximum Gasteiger partial charge on any atom is 0.309 e. The molecular formula is C15H16BrNO2S. The maximum atomic E-state index is 11.4. The zero-order chi connectivity index (χ0) is 14.4. The number of carbonyl (C=O) groups is 1. The number of rotatable bonds is 6. The summed E-state index contributed by atoms with van der Waals surface area (Å²) in [6, 6.07) is 10.0. The molecule has 106 valence electrons. The van der Waals surface area contributed by atoms with Crippen LogP contribution < -0.4 is 5.32 Å². The average molecular weight is 354 g/mol. The monoisotopic (exact) mass is 353 g/mol. The summed E-state index contributed by atoms with van der Waals surface area (Å²) in [5.41, 5.74) is 2.15. The number of benzene rings is 1. The topological polar surface area (TPSA) is 38.3 Å². The minimum Gasteiger partial charge on any atom is -0.469 e. The molecule has 1 heterocycles. The van der Waals surface area contributed by atoms with Crippen LogP contribution in [-0.2, 0) is 29.0 Å². The van der Waals surface area contributed by atoms with E-state index in [-0.39, 0.29) is 5.97 Å². The second kappa shape index (κ2) is 7.57. The van der Waals surface area contributed by atoms with Crippen LogP contribution in [-0.4, -0.2) is 13.1 Å². The van der Waals surface area contributed by atoms with Crippen molar-refractivity contribution in [3.05, 3.63) is 56.2 Å². The molecule has 0 aliphatic carbocycles. The molecule has 0 aliphatic rings. The van der Waals surface area contributed by atoms with Crippen LogP contribution in [0.4, 0.5) is 0 Å². The van der Waals surface area contributed by atoms with Crippen LogP contribution in [0.15, 0.2) is 40.2 Å². The summed E-state index contributed by atoms with van der Waals surface area (Å²) >= 11 is 5.17. The molecule has 2 aromatic rings. The van der Waals surface area contributed by atoms with Crippen molar-refractivity contribution in [1.29, 1.82) is 0 Å². The molecule has 0 bridgehead atoms. The molecule has 2 rings (SSSR count). The zero-order valence-corrected chi connectivity index (χ0v) is 13.6. The maximum absolute atomic E-state index is 11.4. The van der Waals surface area contributed by atoms with E-state index in [1.165, 1.54) is 12.0 Å². The van der Waals surface area contributed by atoms with Crippen molar-refractivity contribution >= 4 is 33.2 Å². The Labute approximate surface area is 131 Å². The van der Waals surface area contributed by atoms with Gasteiger partial charge in [-0.15, -0.1) is 11.3 Å². The molecule has 0 saturated heterocycles. The summed E-state index contributed by atoms with van der Waals surface area (Å²) < 4.78 is 5.84. The van der Waals surface area contributed by atoms with Crippen LogP contribution in [0.1, 0.15) is 16.0 Å². The van der Waals surface area contributed by atoms with E-state index in [4.69, 9.17) is 4.74 Å². The van der Waals surface area contributed by atoms with Gasteiger partial charge in [0.05, 0.1) is 13.5 Å². The molecular weight excluding hydrogens is 338 g/mol. The Hall–Kier alpha value is -1.17. The molecule has 0 fully saturated rings. The average Bonchev–Trinajstić information content (AvgIpc) is 2.86. The number of ether oxygens (including phenoxy) is 1. The second-order valence-electron chi connectivity index (χ2n) is 4.36. The normalized spacial score (nSPS) is 10.5. The molecule has 0 atom stereocenters. The molecule has 1 aromatic carbocycles. The number of methoxy groups -OCH3 is 1. The molecule has 0 unspecified atom stereocenters. The van der Waals surface area contributed by atoms with Gasteiger partial charge in [-0.1, -0.05) is 24.3 Å². The van der Waals surface area contributed by atoms with Gasteiger partial charge in [-0.25, -0.2) is 0 Å². The van der Waals surface area contributed by atoms with Crippen molar-refractivity contribution in [3.63, 3.8) is 0 Å². The van der Waals surface area contributed by atoms with Crippen LogP contribution in [0.2, 0.25) is 0 Å². The molecule has 0 aliphatic heterocycles. The Balaban J connectivity index is 1.93. The standard InChI is InChI=1S/C15H16BrNO2S/c1-19-15(18)6-11-4-2-3-5-12(11)8-17-9-14-7-13(16)10-20-14/h2-5,7,10,17H,6,8-9H2,1H3. The van der Waals surface area contributed by atoms with Crippen LogP contribution in [0.25, 0.3) is 0 Å². The first-order chi connectivity index (χ1) is 9.69. The summed E-state index contributed by atoms with van der Waals surface area (Å²) in [6.07, 6.45) is 0.318. The lowest BCUT2D eigenvalue weighted by Gasteiger charge is -2.09. The fraction of sp³-hybridized carbons (Fsp3) is 0.267. The second-order valence-corrected chi connectivity index (χ2v) is 6.27. The number of hydrogen-bond acceptors (Lipinski definition) is 4. The van der Waals surface area contributed by atoms with Crippen molar-refractivity contribution in [1.82, 2.24) is 5.32 Å². The molecule has 20 heavy (non-hydrogen) atoms. The van der Waals surface area contributed by atoms with Crippen molar-refractivity contribution in [3.8, 4) is 0 Å². The van der Waals surface area contributed by atoms with Gasteiger partial charge in [0, 0.05) is 27.8 Å². The van der Waals surface area contributed by atoms with Crippen molar-refractivity contribution < 1.29 is 9.53 Å². The highest BCUT2D eigenvalue weighted by Crippen LogP contribution is 2.19. The Bertz CT molecular complexity index is 583. The molecule has 1 N–H and O–H groups in total. The quantitative estimate of drug-likeness (QED) is 0.807. The zero-order valence-electron chi connectivity index (χ0n) is 11.2. The lowest BCUT2D eigenvalue weighted by molar-refractivity contribution is -0.139. The van der Waals surface area contributed by atoms with Crippen molar-refractivity contribution in [2.45, 2.75) is 19.5 Å². The summed E-state index contributed by atoms with van der Waals surface area (Å²) in [7, 11) is 1.41. The van der Waals surface area contributed by atoms with E-state index in [9.17, 15) is 4.79 Å². The number of hydrogen-bond donors (Lipinski definition) is 1. The van der Waals surface area contributed by atoms with Crippen molar-refractivity contribution in [2.24, 2.45) is 0 Å².